The lowest BCUT2D eigenvalue weighted by Gasteiger charge is -2.01. The third-order valence-electron chi connectivity index (χ3n) is 3.69. The number of carbonyl (C=O) groups excluding carboxylic acids is 1. The Hall–Kier alpha value is -2.72. The molecule has 120 valence electrons. The number of hydrogen-bond acceptors (Lipinski definition) is 3. The zero-order chi connectivity index (χ0) is 16.9. The molecule has 0 bridgehead atoms. The van der Waals surface area contributed by atoms with Crippen molar-refractivity contribution in [1.82, 2.24) is 0 Å². The van der Waals surface area contributed by atoms with Gasteiger partial charge in [0.15, 0.2) is 0 Å². The van der Waals surface area contributed by atoms with Crippen molar-refractivity contribution < 1.29 is 14.7 Å². The van der Waals surface area contributed by atoms with E-state index in [-0.39, 0.29) is 17.1 Å². The van der Waals surface area contributed by atoms with E-state index in [9.17, 15) is 14.7 Å². The van der Waals surface area contributed by atoms with E-state index in [1.54, 1.807) is 0 Å². The molecule has 0 unspecified atom stereocenters. The Morgan fingerprint density at radius 2 is 1.50 bits per heavy atom. The molecule has 2 aromatic carbocycles. The van der Waals surface area contributed by atoms with Crippen LogP contribution in [0.5, 0.6) is 0 Å². The number of carbonyl (C=O) groups is 2. The van der Waals surface area contributed by atoms with E-state index in [0.29, 0.717) is 12.0 Å². The second-order valence-corrected chi connectivity index (χ2v) is 6.57. The number of carboxylic acid groups (broad SMARTS) is 1. The summed E-state index contributed by atoms with van der Waals surface area (Å²) in [6.45, 7) is 0. The van der Waals surface area contributed by atoms with E-state index in [0.717, 1.165) is 16.0 Å². The number of benzene rings is 2. The molecule has 0 amide bonds. The van der Waals surface area contributed by atoms with Crippen molar-refractivity contribution in [3.05, 3.63) is 82.7 Å². The molecule has 1 N–H and O–H groups in total. The van der Waals surface area contributed by atoms with Gasteiger partial charge in [-0.1, -0.05) is 60.7 Å². The summed E-state index contributed by atoms with van der Waals surface area (Å²) in [5.41, 5.74) is 2.50. The van der Waals surface area contributed by atoms with Crippen molar-refractivity contribution >= 4 is 23.1 Å². The summed E-state index contributed by atoms with van der Waals surface area (Å²) < 4.78 is 0. The summed E-state index contributed by atoms with van der Waals surface area (Å²) in [5.74, 6) is -0.967. The Labute approximate surface area is 144 Å². The van der Waals surface area contributed by atoms with Gasteiger partial charge in [0.1, 0.15) is 10.7 Å². The topological polar surface area (TPSA) is 54.4 Å². The van der Waals surface area contributed by atoms with Crippen LogP contribution >= 0.6 is 11.3 Å². The molecule has 4 heteroatoms. The van der Waals surface area contributed by atoms with Crippen molar-refractivity contribution in [2.75, 3.05) is 0 Å². The molecule has 0 fully saturated rings. The Morgan fingerprint density at radius 1 is 0.875 bits per heavy atom. The minimum atomic E-state index is -0.982. The molecular formula is C20H16O3S. The van der Waals surface area contributed by atoms with Gasteiger partial charge < -0.3 is 5.11 Å². The van der Waals surface area contributed by atoms with Crippen LogP contribution in [0.25, 0.3) is 10.4 Å². The second kappa shape index (κ2) is 7.23. The van der Waals surface area contributed by atoms with Gasteiger partial charge in [-0.05, 0) is 22.8 Å². The molecule has 0 aliphatic heterocycles. The highest BCUT2D eigenvalue weighted by atomic mass is 32.1. The SMILES string of the molecule is O=C(Cc1ccccc1)Cc1cc(-c2ccccc2)sc1C(=O)O. The highest BCUT2D eigenvalue weighted by molar-refractivity contribution is 7.17. The summed E-state index contributed by atoms with van der Waals surface area (Å²) >= 11 is 1.22. The first-order chi connectivity index (χ1) is 11.6. The van der Waals surface area contributed by atoms with Gasteiger partial charge in [-0.25, -0.2) is 4.79 Å². The largest absolute Gasteiger partial charge is 0.477 e. The molecule has 3 rings (SSSR count). The minimum absolute atomic E-state index is 0.0149. The van der Waals surface area contributed by atoms with Crippen LogP contribution in [0.2, 0.25) is 0 Å². The zero-order valence-electron chi connectivity index (χ0n) is 12.9. The van der Waals surface area contributed by atoms with E-state index >= 15 is 0 Å². The molecule has 0 spiro atoms. The lowest BCUT2D eigenvalue weighted by atomic mass is 10.0. The third kappa shape index (κ3) is 3.78. The van der Waals surface area contributed by atoms with Crippen LogP contribution in [-0.4, -0.2) is 16.9 Å². The Morgan fingerprint density at radius 3 is 2.12 bits per heavy atom. The monoisotopic (exact) mass is 336 g/mol. The normalized spacial score (nSPS) is 10.5. The Balaban J connectivity index is 1.83. The molecule has 3 nitrogen and oxygen atoms in total. The van der Waals surface area contributed by atoms with E-state index < -0.39 is 5.97 Å². The van der Waals surface area contributed by atoms with Crippen LogP contribution in [-0.2, 0) is 17.6 Å². The van der Waals surface area contributed by atoms with Gasteiger partial charge in [0, 0.05) is 17.7 Å². The fourth-order valence-electron chi connectivity index (χ4n) is 2.58. The number of thiophene rings is 1. The van der Waals surface area contributed by atoms with Crippen molar-refractivity contribution in [2.45, 2.75) is 12.8 Å². The van der Waals surface area contributed by atoms with Crippen molar-refractivity contribution in [2.24, 2.45) is 0 Å². The predicted molar refractivity (Wildman–Crippen MR) is 95.6 cm³/mol. The number of rotatable bonds is 6. The number of hydrogen-bond donors (Lipinski definition) is 1. The molecule has 0 saturated carbocycles. The average Bonchev–Trinajstić information content (AvgIpc) is 3.00. The number of aromatic carboxylic acids is 1. The lowest BCUT2D eigenvalue weighted by molar-refractivity contribution is -0.117. The van der Waals surface area contributed by atoms with Gasteiger partial charge in [0.25, 0.3) is 0 Å². The zero-order valence-corrected chi connectivity index (χ0v) is 13.8. The number of Topliss-reactive ketones (excluding diaryl/α,β-unsaturated/α-hetero) is 1. The first-order valence-electron chi connectivity index (χ1n) is 7.60. The van der Waals surface area contributed by atoms with Crippen molar-refractivity contribution in [1.29, 1.82) is 0 Å². The molecule has 0 radical (unpaired) electrons. The van der Waals surface area contributed by atoms with Gasteiger partial charge in [0.05, 0.1) is 0 Å². The fourth-order valence-corrected chi connectivity index (χ4v) is 3.61. The van der Waals surface area contributed by atoms with Crippen LogP contribution in [0.4, 0.5) is 0 Å². The number of carboxylic acids is 1. The van der Waals surface area contributed by atoms with E-state index in [1.807, 2.05) is 66.7 Å². The summed E-state index contributed by atoms with van der Waals surface area (Å²) in [5, 5.41) is 9.43. The average molecular weight is 336 g/mol. The molecule has 0 saturated heterocycles. The van der Waals surface area contributed by atoms with E-state index in [1.165, 1.54) is 11.3 Å². The Kier molecular flexibility index (Phi) is 4.87. The standard InChI is InChI=1S/C20H16O3S/c21-17(11-14-7-3-1-4-8-14)12-16-13-18(24-19(16)20(22)23)15-9-5-2-6-10-15/h1-10,13H,11-12H2,(H,22,23). The Bertz CT molecular complexity index is 851. The molecule has 0 atom stereocenters. The highest BCUT2D eigenvalue weighted by Gasteiger charge is 2.18. The van der Waals surface area contributed by atoms with Crippen LogP contribution < -0.4 is 0 Å². The van der Waals surface area contributed by atoms with Crippen LogP contribution in [0, 0.1) is 0 Å². The molecule has 0 aliphatic carbocycles. The highest BCUT2D eigenvalue weighted by Crippen LogP contribution is 2.32. The smallest absolute Gasteiger partial charge is 0.346 e. The molecular weight excluding hydrogens is 320 g/mol. The second-order valence-electron chi connectivity index (χ2n) is 5.51. The summed E-state index contributed by atoms with van der Waals surface area (Å²) in [6, 6.07) is 20.9. The van der Waals surface area contributed by atoms with Crippen LogP contribution in [0.15, 0.2) is 66.7 Å². The molecule has 1 aromatic heterocycles. The molecule has 3 aromatic rings. The lowest BCUT2D eigenvalue weighted by Crippen LogP contribution is -2.08. The van der Waals surface area contributed by atoms with Gasteiger partial charge >= 0.3 is 5.97 Å². The van der Waals surface area contributed by atoms with Crippen molar-refractivity contribution in [3.8, 4) is 10.4 Å². The quantitative estimate of drug-likeness (QED) is 0.723. The third-order valence-corrected chi connectivity index (χ3v) is 4.91. The fraction of sp³-hybridized carbons (Fsp3) is 0.100. The van der Waals surface area contributed by atoms with E-state index in [4.69, 9.17) is 0 Å². The first-order valence-corrected chi connectivity index (χ1v) is 8.42. The molecule has 1 heterocycles. The van der Waals surface area contributed by atoms with Gasteiger partial charge in [-0.3, -0.25) is 4.79 Å². The van der Waals surface area contributed by atoms with Gasteiger partial charge in [0.2, 0.25) is 0 Å². The maximum absolute atomic E-state index is 12.3. The van der Waals surface area contributed by atoms with Crippen LogP contribution in [0.1, 0.15) is 20.8 Å². The maximum atomic E-state index is 12.3. The molecule has 24 heavy (non-hydrogen) atoms. The number of ketones is 1. The summed E-state index contributed by atoms with van der Waals surface area (Å²) in [6.07, 6.45) is 0.455. The summed E-state index contributed by atoms with van der Waals surface area (Å²) in [4.78, 5) is 24.9. The maximum Gasteiger partial charge on any atom is 0.346 e. The van der Waals surface area contributed by atoms with Gasteiger partial charge in [-0.15, -0.1) is 11.3 Å². The van der Waals surface area contributed by atoms with E-state index in [2.05, 4.69) is 0 Å². The molecule has 0 aliphatic rings. The summed E-state index contributed by atoms with van der Waals surface area (Å²) in [7, 11) is 0. The van der Waals surface area contributed by atoms with Gasteiger partial charge in [-0.2, -0.15) is 0 Å². The first kappa shape index (κ1) is 16.1. The van der Waals surface area contributed by atoms with Crippen molar-refractivity contribution in [3.63, 3.8) is 0 Å². The van der Waals surface area contributed by atoms with Crippen LogP contribution in [0.3, 0.4) is 0 Å². The predicted octanol–water partition coefficient (Wildman–Crippen LogP) is 4.47. The minimum Gasteiger partial charge on any atom is -0.477 e.